The van der Waals surface area contributed by atoms with Crippen LogP contribution >= 0.6 is 11.6 Å². The Bertz CT molecular complexity index is 612. The molecule has 19 heavy (non-hydrogen) atoms. The molecule has 0 saturated carbocycles. The number of rotatable bonds is 5. The van der Waals surface area contributed by atoms with Gasteiger partial charge in [0.25, 0.3) is 0 Å². The van der Waals surface area contributed by atoms with Gasteiger partial charge < -0.3 is 9.84 Å². The molecule has 2 N–H and O–H groups in total. The van der Waals surface area contributed by atoms with Crippen LogP contribution < -0.4 is 4.72 Å². The maximum atomic E-state index is 11.6. The molecule has 0 unspecified atom stereocenters. The highest BCUT2D eigenvalue weighted by atomic mass is 35.5. The van der Waals surface area contributed by atoms with E-state index in [2.05, 4.69) is 4.74 Å². The average molecular weight is 308 g/mol. The number of hydrogen-bond acceptors (Lipinski definition) is 5. The SMILES string of the molecule is COC(=O)CS(=O)(=O)Nc1cc(Cl)ccc1C(=O)O. The maximum absolute atomic E-state index is 11.6. The lowest BCUT2D eigenvalue weighted by Gasteiger charge is -2.10. The minimum Gasteiger partial charge on any atom is -0.478 e. The topological polar surface area (TPSA) is 110 Å². The molecule has 1 rings (SSSR count). The van der Waals surface area contributed by atoms with E-state index in [-0.39, 0.29) is 16.3 Å². The van der Waals surface area contributed by atoms with Crippen LogP contribution in [0.2, 0.25) is 5.02 Å². The Balaban J connectivity index is 3.08. The van der Waals surface area contributed by atoms with Crippen molar-refractivity contribution >= 4 is 39.3 Å². The third-order valence-electron chi connectivity index (χ3n) is 2.01. The van der Waals surface area contributed by atoms with Crippen LogP contribution in [0.5, 0.6) is 0 Å². The molecule has 1 aromatic rings. The van der Waals surface area contributed by atoms with Crippen molar-refractivity contribution in [2.24, 2.45) is 0 Å². The minimum absolute atomic E-state index is 0.153. The van der Waals surface area contributed by atoms with Crippen molar-refractivity contribution < 1.29 is 27.9 Å². The number of carboxylic acid groups (broad SMARTS) is 1. The van der Waals surface area contributed by atoms with E-state index in [1.54, 1.807) is 0 Å². The zero-order valence-corrected chi connectivity index (χ0v) is 11.3. The Morgan fingerprint density at radius 2 is 2.05 bits per heavy atom. The number of ether oxygens (including phenoxy) is 1. The zero-order chi connectivity index (χ0) is 14.6. The summed E-state index contributed by atoms with van der Waals surface area (Å²) in [5, 5.41) is 9.07. The first-order valence-corrected chi connectivity index (χ1v) is 6.88. The number of methoxy groups -OCH3 is 1. The molecular formula is C10H10ClNO6S. The molecule has 104 valence electrons. The predicted octanol–water partition coefficient (Wildman–Crippen LogP) is 0.953. The summed E-state index contributed by atoms with van der Waals surface area (Å²) in [6.45, 7) is 0. The van der Waals surface area contributed by atoms with Crippen molar-refractivity contribution in [3.8, 4) is 0 Å². The van der Waals surface area contributed by atoms with Gasteiger partial charge >= 0.3 is 11.9 Å². The summed E-state index contributed by atoms with van der Waals surface area (Å²) in [5.41, 5.74) is -0.498. The van der Waals surface area contributed by atoms with Crippen LogP contribution in [0.25, 0.3) is 0 Å². The Labute approximate surface area is 114 Å². The van der Waals surface area contributed by atoms with Gasteiger partial charge in [-0.3, -0.25) is 9.52 Å². The fourth-order valence-corrected chi connectivity index (χ4v) is 2.38. The molecule has 0 atom stereocenters. The van der Waals surface area contributed by atoms with E-state index in [4.69, 9.17) is 16.7 Å². The van der Waals surface area contributed by atoms with E-state index >= 15 is 0 Å². The predicted molar refractivity (Wildman–Crippen MR) is 67.8 cm³/mol. The van der Waals surface area contributed by atoms with Gasteiger partial charge in [-0.15, -0.1) is 0 Å². The Hall–Kier alpha value is -1.80. The van der Waals surface area contributed by atoms with E-state index in [0.717, 1.165) is 19.2 Å². The van der Waals surface area contributed by atoms with Gasteiger partial charge in [-0.2, -0.15) is 0 Å². The highest BCUT2D eigenvalue weighted by Crippen LogP contribution is 2.22. The molecule has 0 heterocycles. The molecule has 0 bridgehead atoms. The van der Waals surface area contributed by atoms with Crippen molar-refractivity contribution in [2.75, 3.05) is 17.6 Å². The van der Waals surface area contributed by atoms with Crippen molar-refractivity contribution in [1.29, 1.82) is 0 Å². The molecule has 0 amide bonds. The summed E-state index contributed by atoms with van der Waals surface area (Å²) in [6, 6.07) is 3.60. The number of nitrogens with one attached hydrogen (secondary N) is 1. The average Bonchev–Trinajstić information content (AvgIpc) is 2.27. The normalized spacial score (nSPS) is 10.8. The molecule has 0 aromatic heterocycles. The standard InChI is InChI=1S/C10H10ClNO6S/c1-18-9(13)5-19(16,17)12-8-4-6(11)2-3-7(8)10(14)15/h2-4,12H,5H2,1H3,(H,14,15). The van der Waals surface area contributed by atoms with Crippen LogP contribution in [0, 0.1) is 0 Å². The summed E-state index contributed by atoms with van der Waals surface area (Å²) in [7, 11) is -3.02. The number of aromatic carboxylic acids is 1. The molecule has 9 heteroatoms. The summed E-state index contributed by atoms with van der Waals surface area (Å²) < 4.78 is 29.4. The quantitative estimate of drug-likeness (QED) is 0.784. The van der Waals surface area contributed by atoms with Gasteiger partial charge in [0.2, 0.25) is 10.0 Å². The van der Waals surface area contributed by atoms with Crippen LogP contribution in [-0.2, 0) is 19.6 Å². The molecule has 0 aliphatic heterocycles. The van der Waals surface area contributed by atoms with Crippen LogP contribution in [0.15, 0.2) is 18.2 Å². The van der Waals surface area contributed by atoms with Gasteiger partial charge in [-0.25, -0.2) is 13.2 Å². The first-order valence-electron chi connectivity index (χ1n) is 4.85. The lowest BCUT2D eigenvalue weighted by atomic mass is 10.2. The van der Waals surface area contributed by atoms with Crippen molar-refractivity contribution in [3.05, 3.63) is 28.8 Å². The van der Waals surface area contributed by atoms with Crippen LogP contribution in [0.1, 0.15) is 10.4 Å². The summed E-state index contributed by atoms with van der Waals surface area (Å²) in [4.78, 5) is 21.8. The van der Waals surface area contributed by atoms with Crippen molar-refractivity contribution in [3.63, 3.8) is 0 Å². The maximum Gasteiger partial charge on any atom is 0.337 e. The molecular weight excluding hydrogens is 298 g/mol. The van der Waals surface area contributed by atoms with E-state index in [9.17, 15) is 18.0 Å². The fraction of sp³-hybridized carbons (Fsp3) is 0.200. The number of carbonyl (C=O) groups is 2. The van der Waals surface area contributed by atoms with Crippen molar-refractivity contribution in [1.82, 2.24) is 0 Å². The number of carbonyl (C=O) groups excluding carboxylic acids is 1. The van der Waals surface area contributed by atoms with Crippen LogP contribution in [0.3, 0.4) is 0 Å². The second-order valence-electron chi connectivity index (χ2n) is 3.43. The number of halogens is 1. The number of carboxylic acids is 1. The van der Waals surface area contributed by atoms with Crippen LogP contribution in [-0.4, -0.2) is 38.3 Å². The van der Waals surface area contributed by atoms with Crippen molar-refractivity contribution in [2.45, 2.75) is 0 Å². The minimum atomic E-state index is -4.07. The number of esters is 1. The van der Waals surface area contributed by atoms with E-state index in [0.29, 0.717) is 0 Å². The number of sulfonamides is 1. The van der Waals surface area contributed by atoms with Gasteiger partial charge in [0.05, 0.1) is 18.4 Å². The van der Waals surface area contributed by atoms with Gasteiger partial charge in [-0.05, 0) is 18.2 Å². The van der Waals surface area contributed by atoms with Crippen LogP contribution in [0.4, 0.5) is 5.69 Å². The third kappa shape index (κ3) is 4.42. The molecule has 0 spiro atoms. The summed E-state index contributed by atoms with van der Waals surface area (Å²) in [5.74, 6) is -3.21. The lowest BCUT2D eigenvalue weighted by molar-refractivity contribution is -0.137. The first-order chi connectivity index (χ1) is 8.75. The largest absolute Gasteiger partial charge is 0.478 e. The molecule has 0 fully saturated rings. The van der Waals surface area contributed by atoms with Gasteiger partial charge in [0.15, 0.2) is 5.75 Å². The molecule has 0 saturated heterocycles. The highest BCUT2D eigenvalue weighted by Gasteiger charge is 2.20. The summed E-state index contributed by atoms with van der Waals surface area (Å²) in [6.07, 6.45) is 0. The zero-order valence-electron chi connectivity index (χ0n) is 9.71. The second kappa shape index (κ2) is 5.89. The third-order valence-corrected chi connectivity index (χ3v) is 3.39. The highest BCUT2D eigenvalue weighted by molar-refractivity contribution is 7.93. The number of hydrogen-bond donors (Lipinski definition) is 2. The number of benzene rings is 1. The molecule has 1 aromatic carbocycles. The van der Waals surface area contributed by atoms with E-state index in [1.165, 1.54) is 6.07 Å². The number of anilines is 1. The first kappa shape index (κ1) is 15.3. The van der Waals surface area contributed by atoms with Gasteiger partial charge in [-0.1, -0.05) is 11.6 Å². The molecule has 0 radical (unpaired) electrons. The van der Waals surface area contributed by atoms with Gasteiger partial charge in [0.1, 0.15) is 0 Å². The Kier molecular flexibility index (Phi) is 4.73. The molecule has 0 aliphatic rings. The second-order valence-corrected chi connectivity index (χ2v) is 5.59. The van der Waals surface area contributed by atoms with E-state index in [1.807, 2.05) is 4.72 Å². The molecule has 7 nitrogen and oxygen atoms in total. The smallest absolute Gasteiger partial charge is 0.337 e. The summed E-state index contributed by atoms with van der Waals surface area (Å²) >= 11 is 5.66. The Morgan fingerprint density at radius 3 is 2.58 bits per heavy atom. The molecule has 0 aliphatic carbocycles. The fourth-order valence-electron chi connectivity index (χ4n) is 1.21. The Morgan fingerprint density at radius 1 is 1.42 bits per heavy atom. The lowest BCUT2D eigenvalue weighted by Crippen LogP contribution is -2.24. The van der Waals surface area contributed by atoms with Gasteiger partial charge in [0, 0.05) is 5.02 Å². The monoisotopic (exact) mass is 307 g/mol. The van der Waals surface area contributed by atoms with E-state index < -0.39 is 27.7 Å².